The van der Waals surface area contributed by atoms with Crippen molar-refractivity contribution in [2.24, 2.45) is 0 Å². The number of halogens is 1. The maximum Gasteiger partial charge on any atom is 0.335 e. The van der Waals surface area contributed by atoms with Crippen LogP contribution < -0.4 is 5.32 Å². The number of pyridine rings is 1. The van der Waals surface area contributed by atoms with Crippen LogP contribution in [0.5, 0.6) is 0 Å². The first-order chi connectivity index (χ1) is 8.90. The van der Waals surface area contributed by atoms with E-state index >= 15 is 0 Å². The summed E-state index contributed by atoms with van der Waals surface area (Å²) in [5, 5.41) is 22.2. The minimum absolute atomic E-state index is 0.0465. The second-order valence-electron chi connectivity index (χ2n) is 4.59. The van der Waals surface area contributed by atoms with Gasteiger partial charge in [-0.1, -0.05) is 11.6 Å². The van der Waals surface area contributed by atoms with E-state index in [-0.39, 0.29) is 23.4 Å². The number of carbonyl (C=O) groups is 1. The van der Waals surface area contributed by atoms with Crippen molar-refractivity contribution in [2.45, 2.75) is 25.0 Å². The van der Waals surface area contributed by atoms with Gasteiger partial charge in [0.2, 0.25) is 0 Å². The van der Waals surface area contributed by atoms with Gasteiger partial charge in [-0.05, 0) is 19.1 Å². The van der Waals surface area contributed by atoms with Crippen LogP contribution in [-0.2, 0) is 4.74 Å². The minimum atomic E-state index is -1.08. The first-order valence-corrected chi connectivity index (χ1v) is 6.27. The molecule has 1 aliphatic heterocycles. The molecule has 2 heterocycles. The van der Waals surface area contributed by atoms with E-state index in [1.165, 1.54) is 12.1 Å². The van der Waals surface area contributed by atoms with Crippen molar-refractivity contribution in [2.75, 3.05) is 18.5 Å². The average Bonchev–Trinajstić information content (AvgIpc) is 2.67. The average molecular weight is 287 g/mol. The molecule has 104 valence electrons. The number of nitrogens with zero attached hydrogens (tertiary/aromatic N) is 1. The molecule has 0 aromatic carbocycles. The lowest BCUT2D eigenvalue weighted by Gasteiger charge is -2.26. The van der Waals surface area contributed by atoms with Gasteiger partial charge in [0.1, 0.15) is 16.6 Å². The van der Waals surface area contributed by atoms with Crippen molar-refractivity contribution < 1.29 is 19.7 Å². The second-order valence-corrected chi connectivity index (χ2v) is 4.98. The van der Waals surface area contributed by atoms with Crippen molar-refractivity contribution in [1.29, 1.82) is 0 Å². The predicted octanol–water partition coefficient (Wildman–Crippen LogP) is 1.38. The summed E-state index contributed by atoms with van der Waals surface area (Å²) < 4.78 is 5.31. The molecular formula is C12H15ClN2O4. The summed E-state index contributed by atoms with van der Waals surface area (Å²) >= 11 is 5.75. The van der Waals surface area contributed by atoms with E-state index < -0.39 is 11.6 Å². The van der Waals surface area contributed by atoms with E-state index in [0.29, 0.717) is 18.8 Å². The lowest BCUT2D eigenvalue weighted by atomic mass is 9.97. The normalized spacial score (nSPS) is 26.4. The van der Waals surface area contributed by atoms with Crippen molar-refractivity contribution in [3.05, 3.63) is 22.8 Å². The summed E-state index contributed by atoms with van der Waals surface area (Å²) in [5.41, 5.74) is -0.932. The van der Waals surface area contributed by atoms with Gasteiger partial charge in [-0.2, -0.15) is 0 Å². The Kier molecular flexibility index (Phi) is 3.93. The molecular weight excluding hydrogens is 272 g/mol. The SMILES string of the molecule is CC1OCCC1(O)CNc1cc(C(=O)O)cc(Cl)n1. The van der Waals surface area contributed by atoms with Gasteiger partial charge in [0.15, 0.2) is 0 Å². The summed E-state index contributed by atoms with van der Waals surface area (Å²) in [5.74, 6) is -0.763. The highest BCUT2D eigenvalue weighted by molar-refractivity contribution is 6.29. The van der Waals surface area contributed by atoms with Crippen molar-refractivity contribution in [3.63, 3.8) is 0 Å². The van der Waals surface area contributed by atoms with Crippen molar-refractivity contribution in [1.82, 2.24) is 4.98 Å². The fourth-order valence-electron chi connectivity index (χ4n) is 1.96. The fraction of sp³-hybridized carbons (Fsp3) is 0.500. The molecule has 6 nitrogen and oxygen atoms in total. The molecule has 1 aromatic rings. The number of aliphatic hydroxyl groups is 1. The number of ether oxygens (including phenoxy) is 1. The predicted molar refractivity (Wildman–Crippen MR) is 69.7 cm³/mol. The van der Waals surface area contributed by atoms with Gasteiger partial charge in [-0.3, -0.25) is 0 Å². The minimum Gasteiger partial charge on any atom is -0.478 e. The van der Waals surface area contributed by atoms with Crippen molar-refractivity contribution >= 4 is 23.4 Å². The maximum absolute atomic E-state index is 10.9. The van der Waals surface area contributed by atoms with Gasteiger partial charge in [-0.25, -0.2) is 9.78 Å². The zero-order valence-corrected chi connectivity index (χ0v) is 11.1. The molecule has 0 aliphatic carbocycles. The highest BCUT2D eigenvalue weighted by Gasteiger charge is 2.39. The second kappa shape index (κ2) is 5.32. The number of aromatic nitrogens is 1. The fourth-order valence-corrected chi connectivity index (χ4v) is 2.17. The number of carboxylic acids is 1. The Morgan fingerprint density at radius 1 is 1.68 bits per heavy atom. The highest BCUT2D eigenvalue weighted by Crippen LogP contribution is 2.26. The molecule has 3 N–H and O–H groups in total. The van der Waals surface area contributed by atoms with Crippen LogP contribution in [-0.4, -0.2) is 46.0 Å². The third kappa shape index (κ3) is 3.15. The number of nitrogens with one attached hydrogen (secondary N) is 1. The number of rotatable bonds is 4. The number of hydrogen-bond acceptors (Lipinski definition) is 5. The summed E-state index contributed by atoms with van der Waals surface area (Å²) in [7, 11) is 0. The number of hydrogen-bond donors (Lipinski definition) is 3. The number of aromatic carboxylic acids is 1. The molecule has 1 fully saturated rings. The largest absolute Gasteiger partial charge is 0.478 e. The third-order valence-corrected chi connectivity index (χ3v) is 3.47. The zero-order valence-electron chi connectivity index (χ0n) is 10.4. The van der Waals surface area contributed by atoms with E-state index in [4.69, 9.17) is 21.4 Å². The molecule has 0 radical (unpaired) electrons. The Morgan fingerprint density at radius 2 is 2.42 bits per heavy atom. The first kappa shape index (κ1) is 14.0. The maximum atomic E-state index is 10.9. The van der Waals surface area contributed by atoms with Crippen LogP contribution in [0.15, 0.2) is 12.1 Å². The first-order valence-electron chi connectivity index (χ1n) is 5.89. The van der Waals surface area contributed by atoms with Crippen molar-refractivity contribution in [3.8, 4) is 0 Å². The molecule has 2 atom stereocenters. The van der Waals surface area contributed by atoms with E-state index in [0.717, 1.165) is 0 Å². The van der Waals surface area contributed by atoms with Crippen LogP contribution in [0.2, 0.25) is 5.15 Å². The highest BCUT2D eigenvalue weighted by atomic mass is 35.5. The monoisotopic (exact) mass is 286 g/mol. The van der Waals surface area contributed by atoms with Gasteiger partial charge in [0.05, 0.1) is 11.7 Å². The molecule has 2 unspecified atom stereocenters. The van der Waals surface area contributed by atoms with Crippen LogP contribution in [0.3, 0.4) is 0 Å². The molecule has 1 aromatic heterocycles. The van der Waals surface area contributed by atoms with Gasteiger partial charge in [0.25, 0.3) is 0 Å². The Balaban J connectivity index is 2.09. The summed E-state index contributed by atoms with van der Waals surface area (Å²) in [6.07, 6.45) is 0.242. The van der Waals surface area contributed by atoms with E-state index in [1.54, 1.807) is 6.92 Å². The Hall–Kier alpha value is -1.37. The third-order valence-electron chi connectivity index (χ3n) is 3.28. The van der Waals surface area contributed by atoms with Crippen LogP contribution in [0.1, 0.15) is 23.7 Å². The molecule has 2 rings (SSSR count). The van der Waals surface area contributed by atoms with Gasteiger partial charge in [0, 0.05) is 19.6 Å². The molecule has 0 spiro atoms. The van der Waals surface area contributed by atoms with Crippen LogP contribution in [0, 0.1) is 0 Å². The van der Waals surface area contributed by atoms with Gasteiger partial charge >= 0.3 is 5.97 Å². The molecule has 1 aliphatic rings. The van der Waals surface area contributed by atoms with Crippen LogP contribution >= 0.6 is 11.6 Å². The van der Waals surface area contributed by atoms with Gasteiger partial charge < -0.3 is 20.3 Å². The Bertz CT molecular complexity index is 497. The van der Waals surface area contributed by atoms with E-state index in [2.05, 4.69) is 10.3 Å². The summed E-state index contributed by atoms with van der Waals surface area (Å²) in [6, 6.07) is 2.64. The quantitative estimate of drug-likeness (QED) is 0.725. The molecule has 1 saturated heterocycles. The number of carboxylic acid groups (broad SMARTS) is 1. The molecule has 0 bridgehead atoms. The number of anilines is 1. The standard InChI is InChI=1S/C12H15ClN2O4/c1-7-12(18,2-3-19-7)6-14-10-5-8(11(16)17)4-9(13)15-10/h4-5,7,18H,2-3,6H2,1H3,(H,14,15)(H,16,17). The van der Waals surface area contributed by atoms with Crippen LogP contribution in [0.25, 0.3) is 0 Å². The van der Waals surface area contributed by atoms with Crippen LogP contribution in [0.4, 0.5) is 5.82 Å². The molecule has 0 amide bonds. The van der Waals surface area contributed by atoms with E-state index in [9.17, 15) is 9.90 Å². The zero-order chi connectivity index (χ0) is 14.0. The Morgan fingerprint density at radius 3 is 3.00 bits per heavy atom. The lowest BCUT2D eigenvalue weighted by Crippen LogP contribution is -2.43. The molecule has 0 saturated carbocycles. The van der Waals surface area contributed by atoms with Gasteiger partial charge in [-0.15, -0.1) is 0 Å². The smallest absolute Gasteiger partial charge is 0.335 e. The van der Waals surface area contributed by atoms with E-state index in [1.807, 2.05) is 0 Å². The Labute approximate surface area is 115 Å². The topological polar surface area (TPSA) is 91.7 Å². The summed E-state index contributed by atoms with van der Waals surface area (Å²) in [4.78, 5) is 14.9. The molecule has 19 heavy (non-hydrogen) atoms. The summed E-state index contributed by atoms with van der Waals surface area (Å²) in [6.45, 7) is 2.52. The lowest BCUT2D eigenvalue weighted by molar-refractivity contribution is -0.0176. The molecule has 7 heteroatoms.